The smallest absolute Gasteiger partial charge is 0.356 e. The number of ether oxygens (including phenoxy) is 2. The predicted molar refractivity (Wildman–Crippen MR) is 109 cm³/mol. The number of aromatic amines is 1. The molecular weight excluding hydrogens is 358 g/mol. The number of nitrogens with one attached hydrogen (secondary N) is 2. The number of carbonyl (C=O) groups is 2. The molecule has 1 saturated heterocycles. The third-order valence-electron chi connectivity index (χ3n) is 5.35. The van der Waals surface area contributed by atoms with Crippen LogP contribution in [0.3, 0.4) is 0 Å². The number of aromatic nitrogens is 1. The van der Waals surface area contributed by atoms with E-state index in [4.69, 9.17) is 9.47 Å². The molecule has 0 spiro atoms. The molecule has 28 heavy (non-hydrogen) atoms. The first-order valence-electron chi connectivity index (χ1n) is 9.86. The summed E-state index contributed by atoms with van der Waals surface area (Å²) in [5.74, 6) is 0.599. The molecule has 1 aromatic carbocycles. The minimum atomic E-state index is -0.493. The van der Waals surface area contributed by atoms with Crippen LogP contribution >= 0.6 is 0 Å². The summed E-state index contributed by atoms with van der Waals surface area (Å²) in [6, 6.07) is 5.14. The SMILES string of the molecule is CCOC(=O)c1[nH]c2ccc(OC)cc2c1NC(=O)[C@H](C)N1CCC[C@@H](C)C1. The van der Waals surface area contributed by atoms with E-state index in [-0.39, 0.29) is 24.2 Å². The number of rotatable bonds is 6. The Morgan fingerprint density at radius 1 is 1.39 bits per heavy atom. The highest BCUT2D eigenvalue weighted by molar-refractivity contribution is 6.12. The van der Waals surface area contributed by atoms with Crippen molar-refractivity contribution in [3.63, 3.8) is 0 Å². The van der Waals surface area contributed by atoms with Crippen LogP contribution in [0.5, 0.6) is 5.75 Å². The van der Waals surface area contributed by atoms with Gasteiger partial charge < -0.3 is 19.8 Å². The highest BCUT2D eigenvalue weighted by Gasteiger charge is 2.28. The van der Waals surface area contributed by atoms with E-state index in [1.165, 1.54) is 6.42 Å². The number of hydrogen-bond donors (Lipinski definition) is 2. The maximum Gasteiger partial charge on any atom is 0.356 e. The molecule has 2 heterocycles. The highest BCUT2D eigenvalue weighted by Crippen LogP contribution is 2.32. The number of esters is 1. The van der Waals surface area contributed by atoms with Gasteiger partial charge in [0, 0.05) is 17.4 Å². The van der Waals surface area contributed by atoms with Crippen molar-refractivity contribution in [2.24, 2.45) is 5.92 Å². The normalized spacial score (nSPS) is 18.6. The number of hydrogen-bond acceptors (Lipinski definition) is 5. The Bertz CT molecular complexity index is 861. The first-order chi connectivity index (χ1) is 13.4. The van der Waals surface area contributed by atoms with Gasteiger partial charge in [0.05, 0.1) is 25.4 Å². The Morgan fingerprint density at radius 3 is 2.86 bits per heavy atom. The Hall–Kier alpha value is -2.54. The molecule has 0 bridgehead atoms. The molecule has 0 unspecified atom stereocenters. The van der Waals surface area contributed by atoms with Crippen LogP contribution in [0.2, 0.25) is 0 Å². The summed E-state index contributed by atoms with van der Waals surface area (Å²) < 4.78 is 10.5. The van der Waals surface area contributed by atoms with Crippen LogP contribution < -0.4 is 10.1 Å². The lowest BCUT2D eigenvalue weighted by Gasteiger charge is -2.34. The van der Waals surface area contributed by atoms with Crippen molar-refractivity contribution in [3.8, 4) is 5.75 Å². The van der Waals surface area contributed by atoms with Gasteiger partial charge in [0.15, 0.2) is 0 Å². The van der Waals surface area contributed by atoms with Gasteiger partial charge >= 0.3 is 5.97 Å². The number of nitrogens with zero attached hydrogens (tertiary/aromatic N) is 1. The summed E-state index contributed by atoms with van der Waals surface area (Å²) in [4.78, 5) is 30.7. The van der Waals surface area contributed by atoms with Crippen LogP contribution in [0.25, 0.3) is 10.9 Å². The highest BCUT2D eigenvalue weighted by atomic mass is 16.5. The van der Waals surface area contributed by atoms with Crippen molar-refractivity contribution in [3.05, 3.63) is 23.9 Å². The Labute approximate surface area is 165 Å². The van der Waals surface area contributed by atoms with E-state index in [0.717, 1.165) is 30.4 Å². The fourth-order valence-corrected chi connectivity index (χ4v) is 3.76. The van der Waals surface area contributed by atoms with Crippen molar-refractivity contribution in [2.75, 3.05) is 32.1 Å². The van der Waals surface area contributed by atoms with Gasteiger partial charge in [0.1, 0.15) is 11.4 Å². The summed E-state index contributed by atoms with van der Waals surface area (Å²) in [6.45, 7) is 7.94. The van der Waals surface area contributed by atoms with Crippen molar-refractivity contribution >= 4 is 28.5 Å². The summed E-state index contributed by atoms with van der Waals surface area (Å²) in [7, 11) is 1.58. The molecule has 3 rings (SSSR count). The minimum Gasteiger partial charge on any atom is -0.497 e. The lowest BCUT2D eigenvalue weighted by atomic mass is 9.99. The molecule has 152 valence electrons. The average molecular weight is 387 g/mol. The molecule has 2 atom stereocenters. The molecule has 0 saturated carbocycles. The molecular formula is C21H29N3O4. The van der Waals surface area contributed by atoms with Crippen LogP contribution in [0.1, 0.15) is 44.1 Å². The van der Waals surface area contributed by atoms with E-state index in [2.05, 4.69) is 22.1 Å². The quantitative estimate of drug-likeness (QED) is 0.742. The molecule has 0 aliphatic carbocycles. The Balaban J connectivity index is 1.91. The molecule has 7 nitrogen and oxygen atoms in total. The second kappa shape index (κ2) is 8.65. The Kier molecular flexibility index (Phi) is 6.24. The summed E-state index contributed by atoms with van der Waals surface area (Å²) >= 11 is 0. The zero-order chi connectivity index (χ0) is 20.3. The van der Waals surface area contributed by atoms with Crippen LogP contribution in [0.15, 0.2) is 18.2 Å². The van der Waals surface area contributed by atoms with Gasteiger partial charge in [-0.05, 0) is 57.4 Å². The molecule has 2 N–H and O–H groups in total. The van der Waals surface area contributed by atoms with E-state index in [0.29, 0.717) is 17.4 Å². The summed E-state index contributed by atoms with van der Waals surface area (Å²) in [6.07, 6.45) is 2.29. The number of piperidine rings is 1. The van der Waals surface area contributed by atoms with Gasteiger partial charge in [-0.2, -0.15) is 0 Å². The Morgan fingerprint density at radius 2 is 2.18 bits per heavy atom. The van der Waals surface area contributed by atoms with E-state index in [1.54, 1.807) is 26.2 Å². The van der Waals surface area contributed by atoms with Crippen molar-refractivity contribution < 1.29 is 19.1 Å². The number of anilines is 1. The molecule has 7 heteroatoms. The fourth-order valence-electron chi connectivity index (χ4n) is 3.76. The second-order valence-electron chi connectivity index (χ2n) is 7.41. The summed E-state index contributed by atoms with van der Waals surface area (Å²) in [5, 5.41) is 3.69. The van der Waals surface area contributed by atoms with Gasteiger partial charge in [0.25, 0.3) is 0 Å². The number of methoxy groups -OCH3 is 1. The number of likely N-dealkylation sites (tertiary alicyclic amines) is 1. The number of fused-ring (bicyclic) bond motifs is 1. The monoisotopic (exact) mass is 387 g/mol. The third kappa shape index (κ3) is 4.14. The van der Waals surface area contributed by atoms with Crippen molar-refractivity contribution in [1.82, 2.24) is 9.88 Å². The molecule has 2 aromatic rings. The number of carbonyl (C=O) groups excluding carboxylic acids is 2. The molecule has 1 amide bonds. The molecule has 1 aliphatic heterocycles. The second-order valence-corrected chi connectivity index (χ2v) is 7.41. The molecule has 1 aromatic heterocycles. The van der Waals surface area contributed by atoms with Crippen molar-refractivity contribution in [1.29, 1.82) is 0 Å². The largest absolute Gasteiger partial charge is 0.497 e. The van der Waals surface area contributed by atoms with Gasteiger partial charge in [-0.15, -0.1) is 0 Å². The van der Waals surface area contributed by atoms with Gasteiger partial charge in [-0.1, -0.05) is 6.92 Å². The van der Waals surface area contributed by atoms with Crippen LogP contribution in [0, 0.1) is 5.92 Å². The topological polar surface area (TPSA) is 83.7 Å². The van der Waals surface area contributed by atoms with Gasteiger partial charge in [0.2, 0.25) is 5.91 Å². The molecule has 1 aliphatic rings. The first-order valence-corrected chi connectivity index (χ1v) is 9.86. The molecule has 0 radical (unpaired) electrons. The van der Waals surface area contributed by atoms with Crippen molar-refractivity contribution in [2.45, 2.75) is 39.7 Å². The predicted octanol–water partition coefficient (Wildman–Crippen LogP) is 3.41. The zero-order valence-electron chi connectivity index (χ0n) is 17.0. The number of amides is 1. The van der Waals surface area contributed by atoms with Gasteiger partial charge in [-0.25, -0.2) is 4.79 Å². The van der Waals surface area contributed by atoms with E-state index in [1.807, 2.05) is 13.0 Å². The van der Waals surface area contributed by atoms with E-state index < -0.39 is 5.97 Å². The summed E-state index contributed by atoms with van der Waals surface area (Å²) in [5.41, 5.74) is 1.42. The fraction of sp³-hybridized carbons (Fsp3) is 0.524. The average Bonchev–Trinajstić information content (AvgIpc) is 3.05. The van der Waals surface area contributed by atoms with E-state index in [9.17, 15) is 9.59 Å². The maximum absolute atomic E-state index is 13.0. The van der Waals surface area contributed by atoms with Crippen LogP contribution in [-0.2, 0) is 9.53 Å². The van der Waals surface area contributed by atoms with Crippen LogP contribution in [-0.4, -0.2) is 54.6 Å². The minimum absolute atomic E-state index is 0.136. The lowest BCUT2D eigenvalue weighted by molar-refractivity contribution is -0.121. The van der Waals surface area contributed by atoms with Gasteiger partial charge in [-0.3, -0.25) is 9.69 Å². The zero-order valence-corrected chi connectivity index (χ0v) is 17.0. The first kappa shape index (κ1) is 20.2. The number of benzene rings is 1. The number of H-pyrrole nitrogens is 1. The lowest BCUT2D eigenvalue weighted by Crippen LogP contribution is -2.46. The van der Waals surface area contributed by atoms with Crippen LogP contribution in [0.4, 0.5) is 5.69 Å². The third-order valence-corrected chi connectivity index (χ3v) is 5.35. The maximum atomic E-state index is 13.0. The molecule has 1 fully saturated rings. The standard InChI is InChI=1S/C21H29N3O4/c1-5-28-21(26)19-18(16-11-15(27-4)8-9-17(16)22-19)23-20(25)14(3)24-10-6-7-13(2)12-24/h8-9,11,13-14,22H,5-7,10,12H2,1-4H3,(H,23,25)/t13-,14+/m1/s1. The van der Waals surface area contributed by atoms with E-state index >= 15 is 0 Å².